The predicted molar refractivity (Wildman–Crippen MR) is 101 cm³/mol. The summed E-state index contributed by atoms with van der Waals surface area (Å²) in [4.78, 5) is 11.7. The van der Waals surface area contributed by atoms with E-state index in [2.05, 4.69) is 20.8 Å². The molecule has 0 aliphatic carbocycles. The topological polar surface area (TPSA) is 54.0 Å². The molecule has 0 saturated carbocycles. The smallest absolute Gasteiger partial charge is 0.140 e. The van der Waals surface area contributed by atoms with Crippen LogP contribution in [-0.2, 0) is 23.7 Å². The molecule has 0 heterocycles. The van der Waals surface area contributed by atoms with Gasteiger partial charge in [-0.2, -0.15) is 0 Å². The van der Waals surface area contributed by atoms with Crippen LogP contribution in [0.1, 0.15) is 60.8 Å². The zero-order chi connectivity index (χ0) is 19.2. The Morgan fingerprint density at radius 1 is 0.640 bits per heavy atom. The first-order valence-electron chi connectivity index (χ1n) is 9.47. The molecule has 0 atom stereocenters. The second kappa shape index (κ2) is 13.7. The standard InChI is InChI=1S/C20H40O5/c1-19(2,3)9-7-10-22-12-14-24-16-17-25-15-13-23-11-8-18(21)20(4,5)6/h7-17H2,1-6H3. The Morgan fingerprint density at radius 3 is 1.44 bits per heavy atom. The van der Waals surface area contributed by atoms with E-state index < -0.39 is 0 Å². The minimum atomic E-state index is -0.284. The molecule has 0 radical (unpaired) electrons. The lowest BCUT2D eigenvalue weighted by molar-refractivity contribution is -0.127. The SMILES string of the molecule is CC(C)(C)CCCOCCOCCOCCOCCC(=O)C(C)(C)C. The van der Waals surface area contributed by atoms with Crippen LogP contribution in [0, 0.1) is 10.8 Å². The third-order valence-corrected chi connectivity index (χ3v) is 3.64. The van der Waals surface area contributed by atoms with Crippen molar-refractivity contribution >= 4 is 5.78 Å². The van der Waals surface area contributed by atoms with Gasteiger partial charge in [-0.05, 0) is 18.3 Å². The van der Waals surface area contributed by atoms with E-state index in [0.717, 1.165) is 13.0 Å². The first-order chi connectivity index (χ1) is 11.6. The van der Waals surface area contributed by atoms with Crippen molar-refractivity contribution in [3.63, 3.8) is 0 Å². The van der Waals surface area contributed by atoms with E-state index in [1.54, 1.807) is 0 Å². The summed E-state index contributed by atoms with van der Waals surface area (Å²) in [5.74, 6) is 0.224. The molecule has 5 heteroatoms. The van der Waals surface area contributed by atoms with Gasteiger partial charge >= 0.3 is 0 Å². The summed E-state index contributed by atoms with van der Waals surface area (Å²) in [6.07, 6.45) is 2.73. The molecule has 0 aliphatic heterocycles. The molecule has 0 rings (SSSR count). The molecule has 0 amide bonds. The number of ketones is 1. The summed E-state index contributed by atoms with van der Waals surface area (Å²) in [6.45, 7) is 17.1. The quantitative estimate of drug-likeness (QED) is 0.415. The van der Waals surface area contributed by atoms with E-state index in [1.165, 1.54) is 6.42 Å². The van der Waals surface area contributed by atoms with Crippen LogP contribution in [0.15, 0.2) is 0 Å². The molecule has 25 heavy (non-hydrogen) atoms. The highest BCUT2D eigenvalue weighted by Crippen LogP contribution is 2.20. The molecule has 0 spiro atoms. The molecule has 0 N–H and O–H groups in total. The van der Waals surface area contributed by atoms with E-state index in [0.29, 0.717) is 58.1 Å². The number of carbonyl (C=O) groups excluding carboxylic acids is 1. The highest BCUT2D eigenvalue weighted by Gasteiger charge is 2.20. The Labute approximate surface area is 154 Å². The molecular weight excluding hydrogens is 320 g/mol. The zero-order valence-corrected chi connectivity index (χ0v) is 17.3. The van der Waals surface area contributed by atoms with E-state index >= 15 is 0 Å². The number of hydrogen-bond acceptors (Lipinski definition) is 5. The average Bonchev–Trinajstić information content (AvgIpc) is 2.48. The number of carbonyl (C=O) groups is 1. The molecule has 0 aromatic heterocycles. The second-order valence-electron chi connectivity index (χ2n) is 8.54. The Kier molecular flexibility index (Phi) is 13.4. The first-order valence-corrected chi connectivity index (χ1v) is 9.47. The Morgan fingerprint density at radius 2 is 1.04 bits per heavy atom. The van der Waals surface area contributed by atoms with Crippen molar-refractivity contribution in [2.45, 2.75) is 60.8 Å². The third kappa shape index (κ3) is 18.1. The van der Waals surface area contributed by atoms with Gasteiger partial charge in [0.05, 0.1) is 46.2 Å². The third-order valence-electron chi connectivity index (χ3n) is 3.64. The Bertz CT molecular complexity index is 328. The number of rotatable bonds is 15. The Hall–Kier alpha value is -0.490. The highest BCUT2D eigenvalue weighted by atomic mass is 16.6. The second-order valence-corrected chi connectivity index (χ2v) is 8.54. The van der Waals surface area contributed by atoms with Gasteiger partial charge in [0.25, 0.3) is 0 Å². The normalized spacial score (nSPS) is 12.6. The summed E-state index contributed by atoms with van der Waals surface area (Å²) >= 11 is 0. The van der Waals surface area contributed by atoms with Gasteiger partial charge < -0.3 is 18.9 Å². The van der Waals surface area contributed by atoms with Gasteiger partial charge in [-0.1, -0.05) is 41.5 Å². The molecule has 0 saturated heterocycles. The maximum Gasteiger partial charge on any atom is 0.140 e. The maximum absolute atomic E-state index is 11.7. The lowest BCUT2D eigenvalue weighted by atomic mass is 9.89. The van der Waals surface area contributed by atoms with Crippen molar-refractivity contribution in [1.82, 2.24) is 0 Å². The van der Waals surface area contributed by atoms with Crippen molar-refractivity contribution < 1.29 is 23.7 Å². The van der Waals surface area contributed by atoms with Crippen LogP contribution < -0.4 is 0 Å². The minimum absolute atomic E-state index is 0.224. The maximum atomic E-state index is 11.7. The molecule has 0 aromatic carbocycles. The van der Waals surface area contributed by atoms with Crippen LogP contribution in [0.25, 0.3) is 0 Å². The van der Waals surface area contributed by atoms with Gasteiger partial charge in [0, 0.05) is 18.4 Å². The molecule has 0 aliphatic rings. The zero-order valence-electron chi connectivity index (χ0n) is 17.3. The summed E-state index contributed by atoms with van der Waals surface area (Å²) in [5, 5.41) is 0. The fourth-order valence-electron chi connectivity index (χ4n) is 2.01. The predicted octanol–water partition coefficient (Wildman–Crippen LogP) is 3.88. The van der Waals surface area contributed by atoms with Crippen molar-refractivity contribution in [2.24, 2.45) is 10.8 Å². The van der Waals surface area contributed by atoms with E-state index in [-0.39, 0.29) is 11.2 Å². The number of Topliss-reactive ketones (excluding diaryl/α,β-unsaturated/α-hetero) is 1. The summed E-state index contributed by atoms with van der Waals surface area (Å²) in [5.41, 5.74) is 0.0938. The van der Waals surface area contributed by atoms with Crippen molar-refractivity contribution in [2.75, 3.05) is 52.9 Å². The number of hydrogen-bond donors (Lipinski definition) is 0. The van der Waals surface area contributed by atoms with Crippen LogP contribution in [0.3, 0.4) is 0 Å². The van der Waals surface area contributed by atoms with Crippen LogP contribution in [0.4, 0.5) is 0 Å². The van der Waals surface area contributed by atoms with Gasteiger partial charge in [0.15, 0.2) is 0 Å². The fraction of sp³-hybridized carbons (Fsp3) is 0.950. The van der Waals surface area contributed by atoms with Gasteiger partial charge in [-0.15, -0.1) is 0 Å². The monoisotopic (exact) mass is 360 g/mol. The molecule has 0 bridgehead atoms. The minimum Gasteiger partial charge on any atom is -0.379 e. The lowest BCUT2D eigenvalue weighted by Gasteiger charge is -2.17. The van der Waals surface area contributed by atoms with Crippen LogP contribution in [0.5, 0.6) is 0 Å². The van der Waals surface area contributed by atoms with E-state index in [9.17, 15) is 4.79 Å². The summed E-state index contributed by atoms with van der Waals surface area (Å²) < 4.78 is 21.8. The molecule has 5 nitrogen and oxygen atoms in total. The van der Waals surface area contributed by atoms with Crippen molar-refractivity contribution in [3.05, 3.63) is 0 Å². The highest BCUT2D eigenvalue weighted by molar-refractivity contribution is 5.83. The van der Waals surface area contributed by atoms with Crippen LogP contribution >= 0.6 is 0 Å². The molecule has 0 aromatic rings. The van der Waals surface area contributed by atoms with Crippen molar-refractivity contribution in [3.8, 4) is 0 Å². The number of ether oxygens (including phenoxy) is 4. The molecular formula is C20H40O5. The van der Waals surface area contributed by atoms with Crippen LogP contribution in [-0.4, -0.2) is 58.6 Å². The lowest BCUT2D eigenvalue weighted by Crippen LogP contribution is -2.22. The Balaban J connectivity index is 3.18. The molecule has 0 unspecified atom stereocenters. The van der Waals surface area contributed by atoms with Crippen molar-refractivity contribution in [1.29, 1.82) is 0 Å². The van der Waals surface area contributed by atoms with Gasteiger partial charge in [-0.3, -0.25) is 4.79 Å². The fourth-order valence-corrected chi connectivity index (χ4v) is 2.01. The summed E-state index contributed by atoms with van der Waals surface area (Å²) in [7, 11) is 0. The van der Waals surface area contributed by atoms with Gasteiger partial charge in [0.2, 0.25) is 0 Å². The van der Waals surface area contributed by atoms with Gasteiger partial charge in [-0.25, -0.2) is 0 Å². The molecule has 0 fully saturated rings. The summed E-state index contributed by atoms with van der Waals surface area (Å²) in [6, 6.07) is 0. The van der Waals surface area contributed by atoms with E-state index in [4.69, 9.17) is 18.9 Å². The average molecular weight is 361 g/mol. The first kappa shape index (κ1) is 24.5. The van der Waals surface area contributed by atoms with Crippen LogP contribution in [0.2, 0.25) is 0 Å². The van der Waals surface area contributed by atoms with Gasteiger partial charge in [0.1, 0.15) is 5.78 Å². The largest absolute Gasteiger partial charge is 0.379 e. The molecule has 150 valence electrons. The van der Waals surface area contributed by atoms with E-state index in [1.807, 2.05) is 20.8 Å².